The molecule has 2 amide bonds. The average Bonchev–Trinajstić information content (AvgIpc) is 3.05. The summed E-state index contributed by atoms with van der Waals surface area (Å²) < 4.78 is 3.52. The molecule has 2 aliphatic heterocycles. The van der Waals surface area contributed by atoms with E-state index in [4.69, 9.17) is 0 Å². The van der Waals surface area contributed by atoms with Crippen LogP contribution in [0.3, 0.4) is 0 Å². The van der Waals surface area contributed by atoms with Crippen molar-refractivity contribution in [3.8, 4) is 0 Å². The molecule has 0 aromatic carbocycles. The molecule has 2 aromatic rings. The van der Waals surface area contributed by atoms with Gasteiger partial charge in [0.05, 0.1) is 6.04 Å². The van der Waals surface area contributed by atoms with Gasteiger partial charge in [0.25, 0.3) is 5.91 Å². The first kappa shape index (κ1) is 16.5. The molecule has 5 rings (SSSR count). The molecule has 2 atom stereocenters. The first-order chi connectivity index (χ1) is 13.1. The highest BCUT2D eigenvalue weighted by molar-refractivity contribution is 5.92. The van der Waals surface area contributed by atoms with Crippen LogP contribution >= 0.6 is 0 Å². The molecule has 4 heterocycles. The zero-order valence-corrected chi connectivity index (χ0v) is 15.3. The molecule has 1 saturated carbocycles. The Morgan fingerprint density at radius 2 is 2.07 bits per heavy atom. The quantitative estimate of drug-likeness (QED) is 0.850. The zero-order chi connectivity index (χ0) is 18.6. The van der Waals surface area contributed by atoms with Gasteiger partial charge in [-0.15, -0.1) is 0 Å². The molecule has 142 valence electrons. The predicted octanol–water partition coefficient (Wildman–Crippen LogP) is 0.515. The minimum Gasteiger partial charge on any atom is -0.345 e. The van der Waals surface area contributed by atoms with E-state index in [0.717, 1.165) is 38.1 Å². The summed E-state index contributed by atoms with van der Waals surface area (Å²) in [6.45, 7) is 2.03. The van der Waals surface area contributed by atoms with Gasteiger partial charge in [-0.1, -0.05) is 0 Å². The lowest BCUT2D eigenvalue weighted by Gasteiger charge is -2.40. The van der Waals surface area contributed by atoms with E-state index >= 15 is 0 Å². The van der Waals surface area contributed by atoms with E-state index < -0.39 is 0 Å². The van der Waals surface area contributed by atoms with Crippen LogP contribution in [0.25, 0.3) is 0 Å². The van der Waals surface area contributed by atoms with Gasteiger partial charge in [0.2, 0.25) is 5.91 Å². The smallest absolute Gasteiger partial charge is 0.274 e. The Morgan fingerprint density at radius 3 is 2.81 bits per heavy atom. The van der Waals surface area contributed by atoms with Crippen LogP contribution in [0.15, 0.2) is 18.6 Å². The first-order valence-electron chi connectivity index (χ1n) is 9.53. The standard InChI is InChI=1S/C18H23N7O2/c1-23-7-4-13(22-23)17(27)24-8-5-18(10-24)6-9-25-15(19-11-20-25)14(18)21-16(26)12-2-3-12/h4,7,11-12,14H,2-3,5-6,8-10H2,1H3,(H,21,26). The minimum absolute atomic E-state index is 0.0493. The number of aryl methyl sites for hydroxylation is 2. The van der Waals surface area contributed by atoms with Crippen molar-refractivity contribution in [3.05, 3.63) is 30.1 Å². The number of nitrogens with one attached hydrogen (secondary N) is 1. The Kier molecular flexibility index (Phi) is 3.60. The number of likely N-dealkylation sites (tertiary alicyclic amines) is 1. The van der Waals surface area contributed by atoms with Crippen LogP contribution in [0.2, 0.25) is 0 Å². The minimum atomic E-state index is -0.205. The number of carbonyl (C=O) groups is 2. The summed E-state index contributed by atoms with van der Waals surface area (Å²) in [5, 5.41) is 11.8. The molecule has 2 fully saturated rings. The average molecular weight is 369 g/mol. The van der Waals surface area contributed by atoms with E-state index in [1.807, 2.05) is 9.58 Å². The second kappa shape index (κ2) is 5.90. The molecule has 0 bridgehead atoms. The predicted molar refractivity (Wildman–Crippen MR) is 94.4 cm³/mol. The van der Waals surface area contributed by atoms with Crippen LogP contribution in [0.1, 0.15) is 48.0 Å². The molecule has 9 nitrogen and oxygen atoms in total. The first-order valence-corrected chi connectivity index (χ1v) is 9.53. The monoisotopic (exact) mass is 369 g/mol. The largest absolute Gasteiger partial charge is 0.345 e. The van der Waals surface area contributed by atoms with Crippen LogP contribution in [-0.2, 0) is 18.4 Å². The Balaban J connectivity index is 1.41. The Labute approximate surface area is 156 Å². The fourth-order valence-corrected chi connectivity index (χ4v) is 4.44. The summed E-state index contributed by atoms with van der Waals surface area (Å²) in [6, 6.07) is 1.54. The summed E-state index contributed by atoms with van der Waals surface area (Å²) in [5.41, 5.74) is 0.268. The molecular weight excluding hydrogens is 346 g/mol. The van der Waals surface area contributed by atoms with Crippen molar-refractivity contribution in [3.63, 3.8) is 0 Å². The van der Waals surface area contributed by atoms with Gasteiger partial charge in [-0.25, -0.2) is 9.67 Å². The summed E-state index contributed by atoms with van der Waals surface area (Å²) in [6.07, 6.45) is 6.96. The molecule has 3 aliphatic rings. The van der Waals surface area contributed by atoms with Gasteiger partial charge >= 0.3 is 0 Å². The zero-order valence-electron chi connectivity index (χ0n) is 15.3. The van der Waals surface area contributed by atoms with E-state index in [1.54, 1.807) is 30.3 Å². The van der Waals surface area contributed by atoms with Crippen molar-refractivity contribution in [1.82, 2.24) is 34.8 Å². The van der Waals surface area contributed by atoms with Crippen molar-refractivity contribution >= 4 is 11.8 Å². The molecule has 1 N–H and O–H groups in total. The van der Waals surface area contributed by atoms with Crippen molar-refractivity contribution in [2.45, 2.75) is 38.3 Å². The molecule has 1 spiro atoms. The third-order valence-electron chi connectivity index (χ3n) is 6.18. The number of rotatable bonds is 3. The fourth-order valence-electron chi connectivity index (χ4n) is 4.44. The van der Waals surface area contributed by atoms with Gasteiger partial charge < -0.3 is 10.2 Å². The summed E-state index contributed by atoms with van der Waals surface area (Å²) >= 11 is 0. The second-order valence-electron chi connectivity index (χ2n) is 8.02. The Bertz CT molecular complexity index is 899. The maximum absolute atomic E-state index is 12.9. The Morgan fingerprint density at radius 1 is 1.26 bits per heavy atom. The van der Waals surface area contributed by atoms with Crippen LogP contribution in [-0.4, -0.2) is 54.3 Å². The highest BCUT2D eigenvalue weighted by Crippen LogP contribution is 2.48. The SMILES string of the molecule is Cn1ccc(C(=O)N2CCC3(CCn4ncnc4C3NC(=O)C3CC3)C2)n1. The van der Waals surface area contributed by atoms with Crippen LogP contribution in [0.5, 0.6) is 0 Å². The lowest BCUT2D eigenvalue weighted by molar-refractivity contribution is -0.124. The molecule has 2 unspecified atom stereocenters. The van der Waals surface area contributed by atoms with Crippen molar-refractivity contribution in [2.75, 3.05) is 13.1 Å². The van der Waals surface area contributed by atoms with E-state index in [0.29, 0.717) is 18.8 Å². The maximum atomic E-state index is 12.9. The van der Waals surface area contributed by atoms with Gasteiger partial charge in [0.15, 0.2) is 0 Å². The third kappa shape index (κ3) is 2.72. The molecule has 0 radical (unpaired) electrons. The Hall–Kier alpha value is -2.71. The summed E-state index contributed by atoms with van der Waals surface area (Å²) in [5.74, 6) is 0.993. The van der Waals surface area contributed by atoms with Crippen LogP contribution < -0.4 is 5.32 Å². The molecule has 1 saturated heterocycles. The summed E-state index contributed by atoms with van der Waals surface area (Å²) in [7, 11) is 1.81. The van der Waals surface area contributed by atoms with E-state index in [-0.39, 0.29) is 29.2 Å². The maximum Gasteiger partial charge on any atom is 0.274 e. The van der Waals surface area contributed by atoms with Gasteiger partial charge in [-0.05, 0) is 31.7 Å². The molecule has 9 heteroatoms. The van der Waals surface area contributed by atoms with Crippen molar-refractivity contribution in [1.29, 1.82) is 0 Å². The topological polar surface area (TPSA) is 97.9 Å². The fraction of sp³-hybridized carbons (Fsp3) is 0.611. The van der Waals surface area contributed by atoms with Crippen LogP contribution in [0.4, 0.5) is 0 Å². The van der Waals surface area contributed by atoms with Gasteiger partial charge in [-0.2, -0.15) is 10.2 Å². The molecule has 2 aromatic heterocycles. The van der Waals surface area contributed by atoms with Gasteiger partial charge in [-0.3, -0.25) is 14.3 Å². The number of aromatic nitrogens is 5. The van der Waals surface area contributed by atoms with Crippen molar-refractivity contribution < 1.29 is 9.59 Å². The molecule has 27 heavy (non-hydrogen) atoms. The van der Waals surface area contributed by atoms with E-state index in [1.165, 1.54) is 0 Å². The van der Waals surface area contributed by atoms with Gasteiger partial charge in [0.1, 0.15) is 17.8 Å². The lowest BCUT2D eigenvalue weighted by atomic mass is 9.74. The summed E-state index contributed by atoms with van der Waals surface area (Å²) in [4.78, 5) is 31.7. The number of amides is 2. The van der Waals surface area contributed by atoms with E-state index in [9.17, 15) is 9.59 Å². The van der Waals surface area contributed by atoms with Gasteiger partial charge in [0, 0.05) is 44.2 Å². The van der Waals surface area contributed by atoms with E-state index in [2.05, 4.69) is 20.5 Å². The highest BCUT2D eigenvalue weighted by Gasteiger charge is 2.51. The number of carbonyl (C=O) groups excluding carboxylic acids is 2. The number of nitrogens with zero attached hydrogens (tertiary/aromatic N) is 6. The lowest BCUT2D eigenvalue weighted by Crippen LogP contribution is -2.48. The molecule has 1 aliphatic carbocycles. The number of hydrogen-bond donors (Lipinski definition) is 1. The third-order valence-corrected chi connectivity index (χ3v) is 6.18. The normalized spacial score (nSPS) is 27.0. The number of hydrogen-bond acceptors (Lipinski definition) is 5. The van der Waals surface area contributed by atoms with Crippen LogP contribution in [0, 0.1) is 11.3 Å². The molecular formula is C18H23N7O2. The van der Waals surface area contributed by atoms with Crippen molar-refractivity contribution in [2.24, 2.45) is 18.4 Å². The highest BCUT2D eigenvalue weighted by atomic mass is 16.2. The second-order valence-corrected chi connectivity index (χ2v) is 8.02. The number of fused-ring (bicyclic) bond motifs is 1.